The molecular weight excluding hydrogens is 416 g/mol. The van der Waals surface area contributed by atoms with Gasteiger partial charge >= 0.3 is 0 Å². The monoisotopic (exact) mass is 446 g/mol. The maximum Gasteiger partial charge on any atom is 0.251 e. The summed E-state index contributed by atoms with van der Waals surface area (Å²) in [6.07, 6.45) is 9.24. The van der Waals surface area contributed by atoms with E-state index in [9.17, 15) is 4.79 Å². The lowest BCUT2D eigenvalue weighted by Crippen LogP contribution is -2.38. The molecule has 33 heavy (non-hydrogen) atoms. The first-order valence-electron chi connectivity index (χ1n) is 11.5. The number of benzene rings is 1. The average molecular weight is 447 g/mol. The smallest absolute Gasteiger partial charge is 0.251 e. The van der Waals surface area contributed by atoms with Gasteiger partial charge in [0.05, 0.1) is 5.56 Å². The van der Waals surface area contributed by atoms with Crippen LogP contribution < -0.4 is 15.4 Å². The highest BCUT2D eigenvalue weighted by molar-refractivity contribution is 5.95. The second-order valence-corrected chi connectivity index (χ2v) is 8.48. The van der Waals surface area contributed by atoms with Crippen molar-refractivity contribution in [3.8, 4) is 23.0 Å². The van der Waals surface area contributed by atoms with E-state index in [0.29, 0.717) is 40.4 Å². The van der Waals surface area contributed by atoms with Crippen LogP contribution >= 0.6 is 0 Å². The lowest BCUT2D eigenvalue weighted by molar-refractivity contribution is 0.0919. The molecule has 0 spiro atoms. The number of amides is 1. The third kappa shape index (κ3) is 5.45. The van der Waals surface area contributed by atoms with Crippen LogP contribution in [0.1, 0.15) is 54.9 Å². The summed E-state index contributed by atoms with van der Waals surface area (Å²) in [6.45, 7) is 4.04. The van der Waals surface area contributed by atoms with Gasteiger partial charge in [-0.2, -0.15) is 4.98 Å². The van der Waals surface area contributed by atoms with E-state index in [1.54, 1.807) is 25.4 Å². The maximum atomic E-state index is 13.0. The SMILES string of the molecule is CNc1ncnc(-c2cccnc2Oc2cc(C(=O)N[C@H](C)C3CCCCC3)ccc2C)n1. The van der Waals surface area contributed by atoms with E-state index in [4.69, 9.17) is 4.74 Å². The van der Waals surface area contributed by atoms with Crippen LogP contribution in [0.4, 0.5) is 5.95 Å². The van der Waals surface area contributed by atoms with E-state index in [1.807, 2.05) is 25.1 Å². The van der Waals surface area contributed by atoms with E-state index in [1.165, 1.54) is 38.4 Å². The zero-order valence-corrected chi connectivity index (χ0v) is 19.3. The topological polar surface area (TPSA) is 102 Å². The summed E-state index contributed by atoms with van der Waals surface area (Å²) in [5, 5.41) is 6.09. The highest BCUT2D eigenvalue weighted by Gasteiger charge is 2.22. The Morgan fingerprint density at radius 1 is 1.12 bits per heavy atom. The Bertz CT molecular complexity index is 1110. The summed E-state index contributed by atoms with van der Waals surface area (Å²) in [5.41, 5.74) is 2.10. The summed E-state index contributed by atoms with van der Waals surface area (Å²) >= 11 is 0. The standard InChI is InChI=1S/C25H30N6O2/c1-16-11-12-19(23(32)30-17(2)18-8-5-4-6-9-18)14-21(16)33-24-20(10-7-13-27-24)22-28-15-29-25(26-3)31-22/h7,10-15,17-18H,4-6,8-9H2,1-3H3,(H,30,32)(H,26,28,29,31)/t17-/m1/s1. The van der Waals surface area contributed by atoms with E-state index in [2.05, 4.69) is 37.5 Å². The zero-order chi connectivity index (χ0) is 23.2. The minimum atomic E-state index is -0.0877. The Labute approximate surface area is 194 Å². The van der Waals surface area contributed by atoms with Gasteiger partial charge in [0.25, 0.3) is 5.91 Å². The molecule has 0 radical (unpaired) electrons. The Balaban J connectivity index is 1.55. The Hall–Kier alpha value is -3.55. The molecule has 1 aliphatic rings. The second-order valence-electron chi connectivity index (χ2n) is 8.48. The third-order valence-corrected chi connectivity index (χ3v) is 6.18. The lowest BCUT2D eigenvalue weighted by Gasteiger charge is -2.28. The first kappa shape index (κ1) is 22.6. The molecule has 2 N–H and O–H groups in total. The summed E-state index contributed by atoms with van der Waals surface area (Å²) in [7, 11) is 1.74. The number of ether oxygens (including phenoxy) is 1. The number of carbonyl (C=O) groups is 1. The largest absolute Gasteiger partial charge is 0.438 e. The second kappa shape index (κ2) is 10.4. The highest BCUT2D eigenvalue weighted by atomic mass is 16.5. The number of nitrogens with zero attached hydrogens (tertiary/aromatic N) is 4. The summed E-state index contributed by atoms with van der Waals surface area (Å²) < 4.78 is 6.17. The fourth-order valence-electron chi connectivity index (χ4n) is 4.19. The van der Waals surface area contributed by atoms with Gasteiger partial charge in [0.1, 0.15) is 12.1 Å². The van der Waals surface area contributed by atoms with Gasteiger partial charge in [0.2, 0.25) is 11.8 Å². The molecule has 0 unspecified atom stereocenters. The molecule has 1 fully saturated rings. The molecule has 0 aliphatic heterocycles. The highest BCUT2D eigenvalue weighted by Crippen LogP contribution is 2.32. The van der Waals surface area contributed by atoms with Crippen molar-refractivity contribution in [3.05, 3.63) is 54.0 Å². The van der Waals surface area contributed by atoms with Gasteiger partial charge in [-0.1, -0.05) is 25.3 Å². The number of hydrogen-bond donors (Lipinski definition) is 2. The molecule has 1 aromatic carbocycles. The molecule has 1 atom stereocenters. The van der Waals surface area contributed by atoms with Crippen molar-refractivity contribution in [2.75, 3.05) is 12.4 Å². The quantitative estimate of drug-likeness (QED) is 0.539. The van der Waals surface area contributed by atoms with Crippen LogP contribution in [0.2, 0.25) is 0 Å². The number of aromatic nitrogens is 4. The first-order chi connectivity index (χ1) is 16.0. The van der Waals surface area contributed by atoms with Gasteiger partial charge in [0.15, 0.2) is 5.82 Å². The van der Waals surface area contributed by atoms with Gasteiger partial charge in [-0.3, -0.25) is 4.79 Å². The van der Waals surface area contributed by atoms with Crippen LogP contribution in [0, 0.1) is 12.8 Å². The Kier molecular flexibility index (Phi) is 7.12. The molecule has 3 aromatic rings. The molecule has 2 heterocycles. The van der Waals surface area contributed by atoms with Crippen LogP contribution in [0.25, 0.3) is 11.4 Å². The number of pyridine rings is 1. The molecule has 0 bridgehead atoms. The van der Waals surface area contributed by atoms with E-state index >= 15 is 0 Å². The Morgan fingerprint density at radius 3 is 2.73 bits per heavy atom. The van der Waals surface area contributed by atoms with Crippen LogP contribution in [0.5, 0.6) is 11.6 Å². The lowest BCUT2D eigenvalue weighted by atomic mass is 9.84. The van der Waals surface area contributed by atoms with Crippen molar-refractivity contribution >= 4 is 11.9 Å². The summed E-state index contributed by atoms with van der Waals surface area (Å²) in [5.74, 6) is 2.29. The van der Waals surface area contributed by atoms with Crippen LogP contribution in [-0.4, -0.2) is 38.9 Å². The van der Waals surface area contributed by atoms with Crippen LogP contribution in [-0.2, 0) is 0 Å². The van der Waals surface area contributed by atoms with E-state index in [-0.39, 0.29) is 11.9 Å². The molecule has 1 aliphatic carbocycles. The van der Waals surface area contributed by atoms with Gasteiger partial charge in [-0.15, -0.1) is 0 Å². The van der Waals surface area contributed by atoms with E-state index in [0.717, 1.165) is 5.56 Å². The van der Waals surface area contributed by atoms with E-state index < -0.39 is 0 Å². The number of hydrogen-bond acceptors (Lipinski definition) is 7. The Morgan fingerprint density at radius 2 is 1.94 bits per heavy atom. The normalized spacial score (nSPS) is 15.0. The molecule has 0 saturated heterocycles. The predicted octanol–water partition coefficient (Wildman–Crippen LogP) is 4.77. The first-order valence-corrected chi connectivity index (χ1v) is 11.5. The molecule has 8 nitrogen and oxygen atoms in total. The number of rotatable bonds is 7. The van der Waals surface area contributed by atoms with Gasteiger partial charge in [-0.25, -0.2) is 15.0 Å². The van der Waals surface area contributed by atoms with Crippen molar-refractivity contribution in [3.63, 3.8) is 0 Å². The zero-order valence-electron chi connectivity index (χ0n) is 19.3. The van der Waals surface area contributed by atoms with Crippen molar-refractivity contribution < 1.29 is 9.53 Å². The molecule has 2 aromatic heterocycles. The third-order valence-electron chi connectivity index (χ3n) is 6.18. The fraction of sp³-hybridized carbons (Fsp3) is 0.400. The number of anilines is 1. The van der Waals surface area contributed by atoms with Gasteiger partial charge in [0, 0.05) is 24.8 Å². The van der Waals surface area contributed by atoms with Gasteiger partial charge < -0.3 is 15.4 Å². The predicted molar refractivity (Wildman–Crippen MR) is 127 cm³/mol. The van der Waals surface area contributed by atoms with Crippen molar-refractivity contribution in [2.45, 2.75) is 52.0 Å². The molecule has 8 heteroatoms. The number of carbonyl (C=O) groups excluding carboxylic acids is 1. The van der Waals surface area contributed by atoms with Crippen molar-refractivity contribution in [1.82, 2.24) is 25.3 Å². The minimum Gasteiger partial charge on any atom is -0.438 e. The maximum absolute atomic E-state index is 13.0. The number of aryl methyl sites for hydroxylation is 1. The molecular formula is C25H30N6O2. The molecule has 1 saturated carbocycles. The minimum absolute atomic E-state index is 0.0877. The van der Waals surface area contributed by atoms with Crippen molar-refractivity contribution in [1.29, 1.82) is 0 Å². The average Bonchev–Trinajstić information content (AvgIpc) is 2.86. The van der Waals surface area contributed by atoms with Crippen LogP contribution in [0.15, 0.2) is 42.9 Å². The summed E-state index contributed by atoms with van der Waals surface area (Å²) in [4.78, 5) is 30.1. The van der Waals surface area contributed by atoms with Crippen molar-refractivity contribution in [2.24, 2.45) is 5.92 Å². The summed E-state index contributed by atoms with van der Waals surface area (Å²) in [6, 6.07) is 9.28. The van der Waals surface area contributed by atoms with Gasteiger partial charge in [-0.05, 0) is 62.4 Å². The fourth-order valence-corrected chi connectivity index (χ4v) is 4.19. The van der Waals surface area contributed by atoms with Crippen LogP contribution in [0.3, 0.4) is 0 Å². The molecule has 172 valence electrons. The molecule has 4 rings (SSSR count). The number of nitrogens with one attached hydrogen (secondary N) is 2. The molecule has 1 amide bonds.